The Morgan fingerprint density at radius 1 is 1.30 bits per heavy atom. The molecule has 0 aliphatic heterocycles. The zero-order valence-corrected chi connectivity index (χ0v) is 18.9. The van der Waals surface area contributed by atoms with Gasteiger partial charge >= 0.3 is 0 Å². The number of hydrogen-bond donors (Lipinski definition) is 2. The molecule has 0 aliphatic rings. The number of carbonyl (C=O) groups is 1. The van der Waals surface area contributed by atoms with Crippen molar-refractivity contribution >= 4 is 45.2 Å². The Kier molecular flexibility index (Phi) is 5.35. The lowest BCUT2D eigenvalue weighted by Crippen LogP contribution is -2.15. The number of amides is 1. The van der Waals surface area contributed by atoms with Crippen LogP contribution in [0, 0.1) is 6.92 Å². The third-order valence-corrected chi connectivity index (χ3v) is 6.75. The van der Waals surface area contributed by atoms with E-state index in [1.54, 1.807) is 36.0 Å². The summed E-state index contributed by atoms with van der Waals surface area (Å²) in [5, 5.41) is 14.7. The van der Waals surface area contributed by atoms with Crippen molar-refractivity contribution in [2.24, 2.45) is 12.1 Å². The SMILES string of the molecule is Cc1c(/C=N\N(C=O)Cc2cccc3[nH]ncc23)c2sc(Cc3cc[nH]c(=O)c3)nc2n1C. The molecule has 0 saturated heterocycles. The van der Waals surface area contributed by atoms with Crippen LogP contribution in [0.1, 0.15) is 27.4 Å². The lowest BCUT2D eigenvalue weighted by Gasteiger charge is -2.11. The van der Waals surface area contributed by atoms with Gasteiger partial charge < -0.3 is 9.55 Å². The zero-order valence-electron chi connectivity index (χ0n) is 18.1. The highest BCUT2D eigenvalue weighted by Crippen LogP contribution is 2.30. The minimum Gasteiger partial charge on any atom is -0.332 e. The lowest BCUT2D eigenvalue weighted by atomic mass is 10.1. The van der Waals surface area contributed by atoms with Crippen molar-refractivity contribution in [1.29, 1.82) is 0 Å². The van der Waals surface area contributed by atoms with Crippen LogP contribution in [0.15, 0.2) is 52.6 Å². The van der Waals surface area contributed by atoms with Crippen LogP contribution in [0.4, 0.5) is 0 Å². The van der Waals surface area contributed by atoms with E-state index in [0.29, 0.717) is 13.0 Å². The Hall–Kier alpha value is -4.05. The Morgan fingerprint density at radius 2 is 2.18 bits per heavy atom. The molecule has 1 amide bonds. The van der Waals surface area contributed by atoms with E-state index >= 15 is 0 Å². The first kappa shape index (κ1) is 20.8. The molecule has 0 unspecified atom stereocenters. The number of aromatic nitrogens is 5. The van der Waals surface area contributed by atoms with E-state index in [1.807, 2.05) is 42.8 Å². The molecular formula is C23H21N7O2S. The fourth-order valence-electron chi connectivity index (χ4n) is 3.84. The van der Waals surface area contributed by atoms with Crippen LogP contribution in [0.3, 0.4) is 0 Å². The van der Waals surface area contributed by atoms with Gasteiger partial charge in [-0.05, 0) is 30.2 Å². The fraction of sp³-hybridized carbons (Fsp3) is 0.174. The Bertz CT molecular complexity index is 1560. The van der Waals surface area contributed by atoms with Gasteiger partial charge in [0.05, 0.1) is 29.2 Å². The van der Waals surface area contributed by atoms with E-state index in [9.17, 15) is 9.59 Å². The first-order valence-electron chi connectivity index (χ1n) is 10.3. The first-order chi connectivity index (χ1) is 16.0. The van der Waals surface area contributed by atoms with Gasteiger partial charge in [0.15, 0.2) is 5.65 Å². The number of nitrogens with zero attached hydrogens (tertiary/aromatic N) is 5. The Balaban J connectivity index is 1.44. The molecule has 0 radical (unpaired) electrons. The number of aryl methyl sites for hydroxylation is 1. The van der Waals surface area contributed by atoms with Crippen LogP contribution in [-0.2, 0) is 24.8 Å². The van der Waals surface area contributed by atoms with Gasteiger partial charge in [-0.15, -0.1) is 11.3 Å². The molecule has 9 nitrogen and oxygen atoms in total. The maximum Gasteiger partial charge on any atom is 0.248 e. The monoisotopic (exact) mass is 459 g/mol. The van der Waals surface area contributed by atoms with Crippen molar-refractivity contribution < 1.29 is 4.79 Å². The third-order valence-electron chi connectivity index (χ3n) is 5.67. The molecule has 10 heteroatoms. The third kappa shape index (κ3) is 3.96. The topological polar surface area (TPSA) is 112 Å². The quantitative estimate of drug-likeness (QED) is 0.221. The van der Waals surface area contributed by atoms with Gasteiger partial charge in [-0.3, -0.25) is 14.7 Å². The van der Waals surface area contributed by atoms with Gasteiger partial charge in [0, 0.05) is 42.4 Å². The van der Waals surface area contributed by atoms with Crippen molar-refractivity contribution in [2.45, 2.75) is 19.9 Å². The van der Waals surface area contributed by atoms with Gasteiger partial charge in [0.2, 0.25) is 12.0 Å². The smallest absolute Gasteiger partial charge is 0.248 e. The molecular weight excluding hydrogens is 438 g/mol. The van der Waals surface area contributed by atoms with E-state index < -0.39 is 0 Å². The first-order valence-corrected chi connectivity index (χ1v) is 11.1. The van der Waals surface area contributed by atoms with Crippen molar-refractivity contribution in [3.63, 3.8) is 0 Å². The van der Waals surface area contributed by atoms with Crippen LogP contribution in [0.25, 0.3) is 21.3 Å². The highest BCUT2D eigenvalue weighted by atomic mass is 32.1. The molecule has 2 N–H and O–H groups in total. The minimum absolute atomic E-state index is 0.127. The van der Waals surface area contributed by atoms with Gasteiger partial charge in [-0.1, -0.05) is 12.1 Å². The summed E-state index contributed by atoms with van der Waals surface area (Å²) in [6, 6.07) is 9.29. The molecule has 4 heterocycles. The number of hydrazone groups is 1. The Morgan fingerprint density at radius 3 is 3.00 bits per heavy atom. The number of H-pyrrole nitrogens is 2. The second-order valence-corrected chi connectivity index (χ2v) is 8.84. The summed E-state index contributed by atoms with van der Waals surface area (Å²) >= 11 is 1.57. The van der Waals surface area contributed by atoms with Crippen molar-refractivity contribution in [3.05, 3.63) is 80.5 Å². The largest absolute Gasteiger partial charge is 0.332 e. The maximum atomic E-state index is 11.7. The van der Waals surface area contributed by atoms with Gasteiger partial charge in [0.25, 0.3) is 0 Å². The van der Waals surface area contributed by atoms with Crippen molar-refractivity contribution in [3.8, 4) is 0 Å². The average Bonchev–Trinajstić information content (AvgIpc) is 3.49. The van der Waals surface area contributed by atoms with E-state index in [1.165, 1.54) is 5.01 Å². The van der Waals surface area contributed by atoms with Crippen LogP contribution in [0.5, 0.6) is 0 Å². The summed E-state index contributed by atoms with van der Waals surface area (Å²) < 4.78 is 3.02. The molecule has 0 bridgehead atoms. The second-order valence-electron chi connectivity index (χ2n) is 7.75. The maximum absolute atomic E-state index is 11.7. The van der Waals surface area contributed by atoms with Gasteiger partial charge in [-0.2, -0.15) is 10.2 Å². The van der Waals surface area contributed by atoms with E-state index in [-0.39, 0.29) is 5.56 Å². The molecule has 33 heavy (non-hydrogen) atoms. The summed E-state index contributed by atoms with van der Waals surface area (Å²) in [6.07, 6.45) is 6.41. The molecule has 0 saturated carbocycles. The summed E-state index contributed by atoms with van der Waals surface area (Å²) in [7, 11) is 1.96. The number of benzene rings is 1. The average molecular weight is 460 g/mol. The predicted octanol–water partition coefficient (Wildman–Crippen LogP) is 3.09. The summed E-state index contributed by atoms with van der Waals surface area (Å²) in [5.74, 6) is 0. The van der Waals surface area contributed by atoms with Crippen LogP contribution >= 0.6 is 11.3 Å². The van der Waals surface area contributed by atoms with Crippen LogP contribution < -0.4 is 5.56 Å². The van der Waals surface area contributed by atoms with E-state index in [0.717, 1.165) is 55.1 Å². The summed E-state index contributed by atoms with van der Waals surface area (Å²) in [4.78, 5) is 30.7. The molecule has 0 aliphatic carbocycles. The normalized spacial score (nSPS) is 11.7. The molecule has 1 aromatic carbocycles. The molecule has 166 valence electrons. The summed E-state index contributed by atoms with van der Waals surface area (Å²) in [5.41, 5.74) is 5.45. The highest BCUT2D eigenvalue weighted by molar-refractivity contribution is 7.19. The molecule has 5 aromatic rings. The van der Waals surface area contributed by atoms with Crippen LogP contribution in [0.2, 0.25) is 0 Å². The molecule has 0 fully saturated rings. The zero-order chi connectivity index (χ0) is 22.9. The van der Waals surface area contributed by atoms with E-state index in [2.05, 4.69) is 20.3 Å². The highest BCUT2D eigenvalue weighted by Gasteiger charge is 2.17. The number of carbonyl (C=O) groups excluding carboxylic acids is 1. The van der Waals surface area contributed by atoms with Crippen LogP contribution in [-0.4, -0.2) is 42.4 Å². The van der Waals surface area contributed by atoms with Gasteiger partial charge in [0.1, 0.15) is 5.01 Å². The van der Waals surface area contributed by atoms with Gasteiger partial charge in [-0.25, -0.2) is 9.99 Å². The number of nitrogens with one attached hydrogen (secondary N) is 2. The lowest BCUT2D eigenvalue weighted by molar-refractivity contribution is -0.118. The van der Waals surface area contributed by atoms with Crippen molar-refractivity contribution in [2.75, 3.05) is 0 Å². The standard InChI is InChI=1S/C23H21N7O2S/c1-14-17(11-26-30(13-31)12-16-4-3-5-19-18(16)10-25-28-19)22-23(29(14)2)27-21(33-22)9-15-6-7-24-20(32)8-15/h3-8,10-11,13H,9,12H2,1-2H3,(H,24,32)(H,25,28)/b26-11-. The molecule has 5 rings (SSSR count). The molecule has 0 atom stereocenters. The van der Waals surface area contributed by atoms with Crippen molar-refractivity contribution in [1.82, 2.24) is 29.7 Å². The number of thiazole rings is 1. The fourth-order valence-corrected chi connectivity index (χ4v) is 5.03. The number of pyridine rings is 1. The number of hydrogen-bond acceptors (Lipinski definition) is 6. The number of fused-ring (bicyclic) bond motifs is 2. The molecule has 0 spiro atoms. The second kappa shape index (κ2) is 8.47. The minimum atomic E-state index is -0.127. The number of aromatic amines is 2. The number of rotatable bonds is 7. The Labute approximate surface area is 192 Å². The molecule has 4 aromatic heterocycles. The summed E-state index contributed by atoms with van der Waals surface area (Å²) in [6.45, 7) is 2.34. The predicted molar refractivity (Wildman–Crippen MR) is 128 cm³/mol. The van der Waals surface area contributed by atoms with E-state index in [4.69, 9.17) is 4.98 Å².